The molecule has 3 N–H and O–H groups in total. The number of hydrogen-bond acceptors (Lipinski definition) is 9. The average Bonchev–Trinajstić information content (AvgIpc) is 3.09. The number of rotatable bonds is 3. The van der Waals surface area contributed by atoms with Crippen LogP contribution in [-0.4, -0.2) is 76.6 Å². The van der Waals surface area contributed by atoms with E-state index in [0.29, 0.717) is 34.4 Å². The first-order valence-electron chi connectivity index (χ1n) is 16.9. The van der Waals surface area contributed by atoms with Crippen molar-refractivity contribution in [1.82, 2.24) is 25.2 Å². The quantitative estimate of drug-likeness (QED) is 0.166. The number of nitrogens with one attached hydrogen (secondary N) is 3. The van der Waals surface area contributed by atoms with Crippen molar-refractivity contribution in [2.75, 3.05) is 43.5 Å². The second-order valence-corrected chi connectivity index (χ2v) is 13.9. The highest BCUT2D eigenvalue weighted by Gasteiger charge is 2.30. The second-order valence-electron chi connectivity index (χ2n) is 13.5. The fourth-order valence-electron chi connectivity index (χ4n) is 5.50. The Balaban J connectivity index is 1.38. The number of amides is 3. The molecule has 5 heterocycles. The summed E-state index contributed by atoms with van der Waals surface area (Å²) in [6, 6.07) is 14.9. The molecule has 4 aromatic rings. The smallest absolute Gasteiger partial charge is 0.422 e. The minimum atomic E-state index is -4.61. The van der Waals surface area contributed by atoms with E-state index in [0.717, 1.165) is 6.07 Å². The van der Waals surface area contributed by atoms with Crippen molar-refractivity contribution < 1.29 is 41.4 Å². The van der Waals surface area contributed by atoms with E-state index in [-0.39, 0.29) is 61.7 Å². The van der Waals surface area contributed by atoms with Gasteiger partial charge in [0.15, 0.2) is 6.61 Å². The highest BCUT2D eigenvalue weighted by Crippen LogP contribution is 2.27. The monoisotopic (exact) mass is 771 g/mol. The molecular formula is C37H38ClF4N7O5. The van der Waals surface area contributed by atoms with E-state index in [9.17, 15) is 31.9 Å². The molecule has 0 aliphatic carbocycles. The lowest BCUT2D eigenvalue weighted by molar-refractivity contribution is -0.154. The van der Waals surface area contributed by atoms with Gasteiger partial charge in [-0.15, -0.1) is 0 Å². The first-order chi connectivity index (χ1) is 25.5. The van der Waals surface area contributed by atoms with E-state index in [1.165, 1.54) is 11.0 Å². The van der Waals surface area contributed by atoms with Crippen LogP contribution in [0.4, 0.5) is 29.2 Å². The summed E-state index contributed by atoms with van der Waals surface area (Å²) in [6.07, 6.45) is -4.22. The van der Waals surface area contributed by atoms with Gasteiger partial charge in [-0.05, 0) is 77.9 Å². The zero-order chi connectivity index (χ0) is 39.0. The Kier molecular flexibility index (Phi) is 12.6. The molecule has 4 aliphatic heterocycles. The number of halogens is 5. The summed E-state index contributed by atoms with van der Waals surface area (Å²) in [4.78, 5) is 53.5. The van der Waals surface area contributed by atoms with Crippen LogP contribution in [0.5, 0.6) is 11.8 Å². The molecule has 54 heavy (non-hydrogen) atoms. The molecule has 3 aromatic carbocycles. The van der Waals surface area contributed by atoms with E-state index in [1.54, 1.807) is 55.5 Å². The molecule has 0 unspecified atom stereocenters. The van der Waals surface area contributed by atoms with Crippen LogP contribution in [0.15, 0.2) is 60.7 Å². The van der Waals surface area contributed by atoms with Gasteiger partial charge in [-0.2, -0.15) is 28.1 Å². The van der Waals surface area contributed by atoms with Crippen LogP contribution >= 0.6 is 11.6 Å². The van der Waals surface area contributed by atoms with Crippen LogP contribution in [0.2, 0.25) is 5.02 Å². The van der Waals surface area contributed by atoms with Gasteiger partial charge < -0.3 is 30.3 Å². The molecule has 0 saturated heterocycles. The fraction of sp³-hybridized carbons (Fsp3) is 0.351. The van der Waals surface area contributed by atoms with Crippen LogP contribution in [0.25, 0.3) is 0 Å². The number of alkyl halides is 3. The Morgan fingerprint density at radius 2 is 1.76 bits per heavy atom. The molecule has 4 aliphatic rings. The minimum absolute atomic E-state index is 0.0273. The molecule has 0 spiro atoms. The molecule has 8 rings (SSSR count). The summed E-state index contributed by atoms with van der Waals surface area (Å²) in [7, 11) is 0. The van der Waals surface area contributed by atoms with Crippen LogP contribution in [0, 0.1) is 18.2 Å². The number of carbonyl (C=O) groups is 3. The maximum atomic E-state index is 14.0. The molecule has 0 saturated carbocycles. The summed E-state index contributed by atoms with van der Waals surface area (Å²) in [5, 5.41) is 8.59. The third-order valence-electron chi connectivity index (χ3n) is 8.01. The Hall–Kier alpha value is -5.51. The summed E-state index contributed by atoms with van der Waals surface area (Å²) < 4.78 is 63.4. The predicted molar refractivity (Wildman–Crippen MR) is 192 cm³/mol. The van der Waals surface area contributed by atoms with E-state index in [2.05, 4.69) is 30.9 Å². The SMILES string of the molecule is Cc1cc(F)cc(NC(=O)C(=O)N2CCCOc3ccc(cc3Cl)CNc3nc(nc(OCC(F)(F)F)n3)Cc3ccc(cc3)C(=O)NCC(C)(C)C2)c1. The topological polar surface area (TPSA) is 148 Å². The lowest BCUT2D eigenvalue weighted by Crippen LogP contribution is -2.48. The largest absolute Gasteiger partial charge is 0.492 e. The first-order valence-corrected chi connectivity index (χ1v) is 17.2. The van der Waals surface area contributed by atoms with Gasteiger partial charge in [-0.3, -0.25) is 14.4 Å². The Labute approximate surface area is 313 Å². The molecule has 3 amide bonds. The first kappa shape index (κ1) is 39.7. The van der Waals surface area contributed by atoms with Crippen molar-refractivity contribution in [3.63, 3.8) is 0 Å². The highest BCUT2D eigenvalue weighted by molar-refractivity contribution is 6.39. The third-order valence-corrected chi connectivity index (χ3v) is 8.30. The lowest BCUT2D eigenvalue weighted by atomic mass is 9.92. The van der Waals surface area contributed by atoms with Crippen LogP contribution in [0.3, 0.4) is 0 Å². The van der Waals surface area contributed by atoms with Gasteiger partial charge in [0.25, 0.3) is 5.91 Å². The van der Waals surface area contributed by atoms with E-state index in [1.807, 2.05) is 13.8 Å². The molecule has 0 radical (unpaired) electrons. The molecule has 286 valence electrons. The van der Waals surface area contributed by atoms with Crippen molar-refractivity contribution >= 4 is 41.0 Å². The highest BCUT2D eigenvalue weighted by atomic mass is 35.5. The molecule has 17 heteroatoms. The van der Waals surface area contributed by atoms with Crippen molar-refractivity contribution in [2.45, 2.75) is 46.3 Å². The normalized spacial score (nSPS) is 15.3. The summed E-state index contributed by atoms with van der Waals surface area (Å²) in [6.45, 7) is 4.29. The average molecular weight is 772 g/mol. The van der Waals surface area contributed by atoms with Gasteiger partial charge in [0.2, 0.25) is 5.95 Å². The number of benzene rings is 3. The number of hydrogen-bond donors (Lipinski definition) is 3. The Bertz CT molecular complexity index is 1980. The molecular weight excluding hydrogens is 734 g/mol. The van der Waals surface area contributed by atoms with Crippen LogP contribution < -0.4 is 25.4 Å². The van der Waals surface area contributed by atoms with Gasteiger partial charge in [0.05, 0.1) is 11.6 Å². The summed E-state index contributed by atoms with van der Waals surface area (Å²) in [5.74, 6) is -2.29. The van der Waals surface area contributed by atoms with Crippen molar-refractivity contribution in [3.05, 3.63) is 99.6 Å². The van der Waals surface area contributed by atoms with Gasteiger partial charge in [0.1, 0.15) is 17.4 Å². The predicted octanol–water partition coefficient (Wildman–Crippen LogP) is 6.12. The van der Waals surface area contributed by atoms with Crippen LogP contribution in [-0.2, 0) is 22.6 Å². The second kappa shape index (κ2) is 17.1. The van der Waals surface area contributed by atoms with Gasteiger partial charge in [-0.25, -0.2) is 4.39 Å². The Morgan fingerprint density at radius 3 is 2.46 bits per heavy atom. The van der Waals surface area contributed by atoms with E-state index < -0.39 is 47.7 Å². The summed E-state index contributed by atoms with van der Waals surface area (Å²) in [5.41, 5.74) is 1.65. The Morgan fingerprint density at radius 1 is 1.02 bits per heavy atom. The number of aromatic nitrogens is 3. The van der Waals surface area contributed by atoms with Crippen molar-refractivity contribution in [1.29, 1.82) is 0 Å². The third kappa shape index (κ3) is 11.7. The zero-order valence-corrected chi connectivity index (χ0v) is 30.4. The molecule has 0 fully saturated rings. The molecule has 12 nitrogen and oxygen atoms in total. The van der Waals surface area contributed by atoms with Gasteiger partial charge in [0, 0.05) is 43.9 Å². The number of ether oxygens (including phenoxy) is 2. The van der Waals surface area contributed by atoms with E-state index in [4.69, 9.17) is 21.1 Å². The van der Waals surface area contributed by atoms with Gasteiger partial charge >= 0.3 is 24.0 Å². The van der Waals surface area contributed by atoms with Crippen molar-refractivity contribution in [3.8, 4) is 11.8 Å². The van der Waals surface area contributed by atoms with Crippen LogP contribution in [0.1, 0.15) is 53.1 Å². The maximum absolute atomic E-state index is 14.0. The summed E-state index contributed by atoms with van der Waals surface area (Å²) >= 11 is 6.51. The maximum Gasteiger partial charge on any atom is 0.422 e. The van der Waals surface area contributed by atoms with Gasteiger partial charge in [-0.1, -0.05) is 43.6 Å². The fourth-order valence-corrected chi connectivity index (χ4v) is 5.75. The number of anilines is 2. The zero-order valence-electron chi connectivity index (χ0n) is 29.7. The molecule has 0 atom stereocenters. The number of nitrogens with zero attached hydrogens (tertiary/aromatic N) is 4. The molecule has 6 bridgehead atoms. The van der Waals surface area contributed by atoms with E-state index >= 15 is 0 Å². The van der Waals surface area contributed by atoms with Crippen molar-refractivity contribution in [2.24, 2.45) is 5.41 Å². The molecule has 1 aromatic heterocycles. The number of aryl methyl sites for hydroxylation is 1. The standard InChI is InChI=1S/C37H38ClF4N7O5/c1-22-13-26(39)17-27(14-22)45-32(51)33(52)49-11-4-12-53-29-10-7-24(15-28(29)38)18-43-34-46-30(47-35(48-34)54-21-37(40,41)42)16-23-5-8-25(9-6-23)31(50)44-19-36(2,3)20-49/h5-10,13-15,17H,4,11-12,16,18-21H2,1-3H3,(H,44,50)(H,45,51)(H,43,46,47,48). The minimum Gasteiger partial charge on any atom is -0.492 e. The lowest BCUT2D eigenvalue weighted by Gasteiger charge is -2.32. The number of carbonyl (C=O) groups excluding carboxylic acids is 3.